The Labute approximate surface area is 128 Å². The molecular weight excluding hydrogens is 323 g/mol. The first-order valence-corrected chi connectivity index (χ1v) is 6.74. The van der Waals surface area contributed by atoms with Crippen LogP contribution in [0, 0.1) is 0 Å². The van der Waals surface area contributed by atoms with Crippen molar-refractivity contribution >= 4 is 46.0 Å². The molecule has 0 amide bonds. The van der Waals surface area contributed by atoms with Crippen molar-refractivity contribution in [1.29, 1.82) is 0 Å². The maximum Gasteiger partial charge on any atom is 0.224 e. The third-order valence-corrected chi connectivity index (χ3v) is 3.48. The summed E-state index contributed by atoms with van der Waals surface area (Å²) in [6.45, 7) is 1.88. The quantitative estimate of drug-likeness (QED) is 0.675. The highest BCUT2D eigenvalue weighted by Gasteiger charge is 2.18. The topological polar surface area (TPSA) is 69.4 Å². The summed E-state index contributed by atoms with van der Waals surface area (Å²) in [5, 5.41) is 9.09. The van der Waals surface area contributed by atoms with Crippen molar-refractivity contribution in [2.24, 2.45) is 0 Å². The molecule has 0 radical (unpaired) electrons. The van der Waals surface area contributed by atoms with Gasteiger partial charge >= 0.3 is 0 Å². The molecular formula is C11H7Cl3N6. The lowest BCUT2D eigenvalue weighted by atomic mass is 10.2. The summed E-state index contributed by atoms with van der Waals surface area (Å²) in [5.41, 5.74) is 1.69. The predicted octanol–water partition coefficient (Wildman–Crippen LogP) is 3.19. The highest BCUT2D eigenvalue weighted by Crippen LogP contribution is 2.27. The van der Waals surface area contributed by atoms with E-state index >= 15 is 0 Å². The van der Waals surface area contributed by atoms with E-state index in [0.717, 1.165) is 0 Å². The second-order valence-corrected chi connectivity index (χ2v) is 5.26. The van der Waals surface area contributed by atoms with Gasteiger partial charge in [-0.05, 0) is 24.6 Å². The molecule has 6 nitrogen and oxygen atoms in total. The van der Waals surface area contributed by atoms with Crippen LogP contribution in [0.5, 0.6) is 0 Å². The van der Waals surface area contributed by atoms with Gasteiger partial charge in [0.1, 0.15) is 0 Å². The van der Waals surface area contributed by atoms with E-state index in [2.05, 4.69) is 25.3 Å². The Morgan fingerprint density at radius 2 is 1.95 bits per heavy atom. The third-order valence-electron chi connectivity index (χ3n) is 2.79. The van der Waals surface area contributed by atoms with Crippen molar-refractivity contribution in [2.45, 2.75) is 13.0 Å². The highest BCUT2D eigenvalue weighted by atomic mass is 35.5. The van der Waals surface area contributed by atoms with Crippen molar-refractivity contribution in [3.8, 4) is 0 Å². The lowest BCUT2D eigenvalue weighted by molar-refractivity contribution is 0.544. The second-order valence-electron chi connectivity index (χ2n) is 4.08. The standard InChI is InChI=1S/C11H7Cl3N6/c1-5(9-7(13)2-6(12)3-15-9)20-10-8(18-19-20)4-16-11(14)17-10/h2-5H,1H3/t5-/m1/s1. The Bertz CT molecular complexity index is 787. The maximum absolute atomic E-state index is 6.16. The molecule has 0 unspecified atom stereocenters. The van der Waals surface area contributed by atoms with Crippen LogP contribution in [0.4, 0.5) is 0 Å². The van der Waals surface area contributed by atoms with Crippen molar-refractivity contribution in [2.75, 3.05) is 0 Å². The first kappa shape index (κ1) is 13.5. The minimum absolute atomic E-state index is 0.128. The molecule has 0 aliphatic rings. The van der Waals surface area contributed by atoms with Gasteiger partial charge in [0.2, 0.25) is 5.28 Å². The summed E-state index contributed by atoms with van der Waals surface area (Å²) in [6, 6.07) is 1.36. The summed E-state index contributed by atoms with van der Waals surface area (Å²) >= 11 is 17.8. The van der Waals surface area contributed by atoms with Crippen LogP contribution in [-0.4, -0.2) is 29.9 Å². The Balaban J connectivity index is 2.12. The van der Waals surface area contributed by atoms with E-state index in [-0.39, 0.29) is 11.3 Å². The van der Waals surface area contributed by atoms with Crippen molar-refractivity contribution < 1.29 is 0 Å². The molecule has 9 heteroatoms. The van der Waals surface area contributed by atoms with Gasteiger partial charge in [-0.3, -0.25) is 4.98 Å². The Hall–Kier alpha value is -1.50. The molecule has 0 aliphatic heterocycles. The van der Waals surface area contributed by atoms with Gasteiger partial charge in [0.25, 0.3) is 0 Å². The van der Waals surface area contributed by atoms with Gasteiger partial charge in [-0.2, -0.15) is 4.98 Å². The lowest BCUT2D eigenvalue weighted by Gasteiger charge is -2.13. The number of fused-ring (bicyclic) bond motifs is 1. The number of aromatic nitrogens is 6. The summed E-state index contributed by atoms with van der Waals surface area (Å²) in [7, 11) is 0. The summed E-state index contributed by atoms with van der Waals surface area (Å²) < 4.78 is 1.59. The average molecular weight is 330 g/mol. The molecule has 0 aromatic carbocycles. The molecule has 3 aromatic heterocycles. The van der Waals surface area contributed by atoms with Gasteiger partial charge in [-0.1, -0.05) is 28.4 Å². The van der Waals surface area contributed by atoms with E-state index in [1.165, 1.54) is 12.4 Å². The zero-order chi connectivity index (χ0) is 14.3. The van der Waals surface area contributed by atoms with Crippen LogP contribution in [0.1, 0.15) is 18.7 Å². The number of rotatable bonds is 2. The van der Waals surface area contributed by atoms with E-state index in [9.17, 15) is 0 Å². The number of pyridine rings is 1. The first-order chi connectivity index (χ1) is 9.56. The molecule has 0 bridgehead atoms. The van der Waals surface area contributed by atoms with Crippen LogP contribution in [0.15, 0.2) is 18.5 Å². The smallest absolute Gasteiger partial charge is 0.224 e. The van der Waals surface area contributed by atoms with Gasteiger partial charge in [0.05, 0.1) is 28.0 Å². The van der Waals surface area contributed by atoms with Gasteiger partial charge in [-0.15, -0.1) is 5.10 Å². The molecule has 20 heavy (non-hydrogen) atoms. The van der Waals surface area contributed by atoms with E-state index in [1.807, 2.05) is 6.92 Å². The minimum Gasteiger partial charge on any atom is -0.256 e. The molecule has 102 valence electrons. The number of hydrogen-bond acceptors (Lipinski definition) is 5. The van der Waals surface area contributed by atoms with Gasteiger partial charge in [0, 0.05) is 6.20 Å². The fraction of sp³-hybridized carbons (Fsp3) is 0.182. The van der Waals surface area contributed by atoms with E-state index in [1.54, 1.807) is 10.7 Å². The Morgan fingerprint density at radius 3 is 2.70 bits per heavy atom. The Morgan fingerprint density at radius 1 is 1.15 bits per heavy atom. The highest BCUT2D eigenvalue weighted by molar-refractivity contribution is 6.34. The summed E-state index contributed by atoms with van der Waals surface area (Å²) in [6.07, 6.45) is 3.04. The van der Waals surface area contributed by atoms with Crippen LogP contribution in [0.3, 0.4) is 0 Å². The number of nitrogens with zero attached hydrogens (tertiary/aromatic N) is 6. The number of halogens is 3. The van der Waals surface area contributed by atoms with Crippen LogP contribution in [0.2, 0.25) is 15.3 Å². The second kappa shape index (κ2) is 5.12. The van der Waals surface area contributed by atoms with E-state index in [4.69, 9.17) is 34.8 Å². The van der Waals surface area contributed by atoms with Crippen LogP contribution in [0.25, 0.3) is 11.2 Å². The first-order valence-electron chi connectivity index (χ1n) is 5.60. The molecule has 0 saturated heterocycles. The summed E-state index contributed by atoms with van der Waals surface area (Å²) in [4.78, 5) is 12.2. The van der Waals surface area contributed by atoms with Crippen LogP contribution < -0.4 is 0 Å². The van der Waals surface area contributed by atoms with Crippen molar-refractivity contribution in [3.63, 3.8) is 0 Å². The summed E-state index contributed by atoms with van der Waals surface area (Å²) in [5.74, 6) is 0. The fourth-order valence-electron chi connectivity index (χ4n) is 1.83. The SMILES string of the molecule is C[C@H](c1ncc(Cl)cc1Cl)n1nnc2cnc(Cl)nc21. The van der Waals surface area contributed by atoms with Crippen LogP contribution >= 0.6 is 34.8 Å². The molecule has 0 spiro atoms. The van der Waals surface area contributed by atoms with E-state index < -0.39 is 0 Å². The minimum atomic E-state index is -0.268. The fourth-order valence-corrected chi connectivity index (χ4v) is 2.50. The zero-order valence-corrected chi connectivity index (χ0v) is 12.4. The van der Waals surface area contributed by atoms with Gasteiger partial charge in [0.15, 0.2) is 11.2 Å². The molecule has 0 aliphatic carbocycles. The monoisotopic (exact) mass is 328 g/mol. The Kier molecular flexibility index (Phi) is 3.45. The zero-order valence-electron chi connectivity index (χ0n) is 10.1. The molecule has 3 heterocycles. The number of hydrogen-bond donors (Lipinski definition) is 0. The molecule has 0 saturated carbocycles. The largest absolute Gasteiger partial charge is 0.256 e. The third kappa shape index (κ3) is 2.30. The molecule has 3 rings (SSSR count). The van der Waals surface area contributed by atoms with Gasteiger partial charge < -0.3 is 0 Å². The predicted molar refractivity (Wildman–Crippen MR) is 76.2 cm³/mol. The van der Waals surface area contributed by atoms with Crippen molar-refractivity contribution in [1.82, 2.24) is 29.9 Å². The molecule has 0 N–H and O–H groups in total. The normalized spacial score (nSPS) is 12.8. The maximum atomic E-state index is 6.16. The van der Waals surface area contributed by atoms with E-state index in [0.29, 0.717) is 26.9 Å². The molecule has 3 aromatic rings. The molecule has 1 atom stereocenters. The van der Waals surface area contributed by atoms with Crippen LogP contribution in [-0.2, 0) is 0 Å². The lowest BCUT2D eigenvalue weighted by Crippen LogP contribution is -2.11. The van der Waals surface area contributed by atoms with Gasteiger partial charge in [-0.25, -0.2) is 9.67 Å². The van der Waals surface area contributed by atoms with Crippen molar-refractivity contribution in [3.05, 3.63) is 39.5 Å². The average Bonchev–Trinajstić information content (AvgIpc) is 2.81. The molecule has 0 fully saturated rings.